The SMILES string of the molecule is Cc1c(-c2ccccc2)c(N)c(N)c(-c2ccccc2)c1C(c1ccccc1)(c1ccccc1)c1ccccc1. The lowest BCUT2D eigenvalue weighted by Gasteiger charge is -2.40. The van der Waals surface area contributed by atoms with Gasteiger partial charge in [0, 0.05) is 11.1 Å². The van der Waals surface area contributed by atoms with Crippen LogP contribution in [-0.2, 0) is 5.41 Å². The van der Waals surface area contributed by atoms with Crippen molar-refractivity contribution in [3.63, 3.8) is 0 Å². The van der Waals surface area contributed by atoms with Crippen LogP contribution in [0.2, 0.25) is 0 Å². The molecule has 0 bridgehead atoms. The largest absolute Gasteiger partial charge is 0.397 e. The Morgan fingerprint density at radius 2 is 0.700 bits per heavy atom. The molecule has 40 heavy (non-hydrogen) atoms. The lowest BCUT2D eigenvalue weighted by atomic mass is 9.61. The molecular formula is C38H32N2. The van der Waals surface area contributed by atoms with E-state index < -0.39 is 5.41 Å². The Hall–Kier alpha value is -5.08. The molecule has 0 fully saturated rings. The van der Waals surface area contributed by atoms with Crippen molar-refractivity contribution < 1.29 is 0 Å². The molecule has 4 N–H and O–H groups in total. The van der Waals surface area contributed by atoms with Crippen LogP contribution in [-0.4, -0.2) is 0 Å². The molecule has 2 nitrogen and oxygen atoms in total. The van der Waals surface area contributed by atoms with Gasteiger partial charge in [0.25, 0.3) is 0 Å². The Balaban J connectivity index is 1.89. The smallest absolute Gasteiger partial charge is 0.0711 e. The third-order valence-electron chi connectivity index (χ3n) is 7.95. The van der Waals surface area contributed by atoms with Gasteiger partial charge in [0.2, 0.25) is 0 Å². The fourth-order valence-corrected chi connectivity index (χ4v) is 6.27. The fraction of sp³-hybridized carbons (Fsp3) is 0.0526. The van der Waals surface area contributed by atoms with Crippen molar-refractivity contribution >= 4 is 11.4 Å². The predicted octanol–water partition coefficient (Wildman–Crippen LogP) is 8.88. The van der Waals surface area contributed by atoms with Crippen molar-refractivity contribution in [1.29, 1.82) is 0 Å². The topological polar surface area (TPSA) is 52.0 Å². The average molecular weight is 517 g/mol. The molecule has 6 rings (SSSR count). The van der Waals surface area contributed by atoms with E-state index in [0.29, 0.717) is 11.4 Å². The molecule has 0 saturated heterocycles. The summed E-state index contributed by atoms with van der Waals surface area (Å²) in [7, 11) is 0. The molecule has 0 aliphatic heterocycles. The van der Waals surface area contributed by atoms with E-state index in [4.69, 9.17) is 11.5 Å². The summed E-state index contributed by atoms with van der Waals surface area (Å²) in [5.41, 5.74) is 24.4. The van der Waals surface area contributed by atoms with Gasteiger partial charge in [0.1, 0.15) is 0 Å². The van der Waals surface area contributed by atoms with Crippen LogP contribution in [0.1, 0.15) is 27.8 Å². The Kier molecular flexibility index (Phi) is 6.67. The van der Waals surface area contributed by atoms with Crippen molar-refractivity contribution in [2.24, 2.45) is 0 Å². The predicted molar refractivity (Wildman–Crippen MR) is 169 cm³/mol. The van der Waals surface area contributed by atoms with Crippen LogP contribution >= 0.6 is 0 Å². The average Bonchev–Trinajstić information content (AvgIpc) is 3.03. The Morgan fingerprint density at radius 1 is 0.400 bits per heavy atom. The van der Waals surface area contributed by atoms with E-state index >= 15 is 0 Å². The number of hydrogen-bond donors (Lipinski definition) is 2. The summed E-state index contributed by atoms with van der Waals surface area (Å²) in [4.78, 5) is 0. The van der Waals surface area contributed by atoms with Gasteiger partial charge in [0.15, 0.2) is 0 Å². The van der Waals surface area contributed by atoms with Gasteiger partial charge in [0.05, 0.1) is 16.8 Å². The summed E-state index contributed by atoms with van der Waals surface area (Å²) in [5.74, 6) is 0. The zero-order valence-electron chi connectivity index (χ0n) is 22.6. The molecule has 0 spiro atoms. The van der Waals surface area contributed by atoms with Gasteiger partial charge in [-0.2, -0.15) is 0 Å². The highest BCUT2D eigenvalue weighted by Gasteiger charge is 2.43. The minimum absolute atomic E-state index is 0.595. The summed E-state index contributed by atoms with van der Waals surface area (Å²) >= 11 is 0. The van der Waals surface area contributed by atoms with Gasteiger partial charge in [-0.1, -0.05) is 152 Å². The van der Waals surface area contributed by atoms with Gasteiger partial charge in [-0.05, 0) is 45.9 Å². The van der Waals surface area contributed by atoms with Crippen LogP contribution in [0.5, 0.6) is 0 Å². The summed E-state index contributed by atoms with van der Waals surface area (Å²) in [5, 5.41) is 0. The molecule has 0 heterocycles. The van der Waals surface area contributed by atoms with Crippen LogP contribution in [0.4, 0.5) is 11.4 Å². The van der Waals surface area contributed by atoms with Crippen molar-refractivity contribution in [3.05, 3.63) is 179 Å². The molecule has 0 radical (unpaired) electrons. The van der Waals surface area contributed by atoms with Gasteiger partial charge >= 0.3 is 0 Å². The van der Waals surface area contributed by atoms with E-state index in [0.717, 1.165) is 50.1 Å². The van der Waals surface area contributed by atoms with Crippen LogP contribution in [0.15, 0.2) is 152 Å². The maximum Gasteiger partial charge on any atom is 0.0711 e. The maximum absolute atomic E-state index is 7.13. The molecule has 194 valence electrons. The number of hydrogen-bond acceptors (Lipinski definition) is 2. The quantitative estimate of drug-likeness (QED) is 0.172. The highest BCUT2D eigenvalue weighted by molar-refractivity contribution is 5.99. The highest BCUT2D eigenvalue weighted by atomic mass is 14.7. The molecule has 0 aliphatic rings. The van der Waals surface area contributed by atoms with E-state index in [2.05, 4.69) is 134 Å². The van der Waals surface area contributed by atoms with E-state index in [1.807, 2.05) is 24.3 Å². The second-order valence-corrected chi connectivity index (χ2v) is 10.2. The molecule has 0 aromatic heterocycles. The zero-order chi connectivity index (χ0) is 27.5. The molecule has 0 atom stereocenters. The van der Waals surface area contributed by atoms with Crippen molar-refractivity contribution in [3.8, 4) is 22.3 Å². The number of benzene rings is 6. The molecule has 0 aliphatic carbocycles. The monoisotopic (exact) mass is 516 g/mol. The standard InChI is InChI=1S/C38H32N2/c1-27-33(28-17-7-2-8-18-28)36(39)37(40)34(29-19-9-3-10-20-29)35(27)38(30-21-11-4-12-22-30,31-23-13-5-14-24-31)32-25-15-6-16-26-32/h2-26H,39-40H2,1H3. The normalized spacial score (nSPS) is 11.3. The van der Waals surface area contributed by atoms with Gasteiger partial charge < -0.3 is 11.5 Å². The molecule has 2 heteroatoms. The molecule has 0 saturated carbocycles. The third kappa shape index (κ3) is 4.06. The number of anilines is 2. The van der Waals surface area contributed by atoms with E-state index in [9.17, 15) is 0 Å². The lowest BCUT2D eigenvalue weighted by molar-refractivity contribution is 0.741. The van der Waals surface area contributed by atoms with Crippen molar-refractivity contribution in [2.45, 2.75) is 12.3 Å². The van der Waals surface area contributed by atoms with Gasteiger partial charge in [-0.3, -0.25) is 0 Å². The molecule has 0 unspecified atom stereocenters. The number of nitrogen functional groups attached to an aromatic ring is 2. The fourth-order valence-electron chi connectivity index (χ4n) is 6.27. The Bertz CT molecular complexity index is 1630. The first-order valence-electron chi connectivity index (χ1n) is 13.6. The van der Waals surface area contributed by atoms with Crippen molar-refractivity contribution in [1.82, 2.24) is 0 Å². The molecule has 6 aromatic carbocycles. The zero-order valence-corrected chi connectivity index (χ0v) is 22.6. The second kappa shape index (κ2) is 10.6. The van der Waals surface area contributed by atoms with Gasteiger partial charge in [-0.25, -0.2) is 0 Å². The van der Waals surface area contributed by atoms with Crippen LogP contribution < -0.4 is 11.5 Å². The highest BCUT2D eigenvalue weighted by Crippen LogP contribution is 2.54. The summed E-state index contributed by atoms with van der Waals surface area (Å²) in [6, 6.07) is 53.0. The van der Waals surface area contributed by atoms with Crippen LogP contribution in [0.3, 0.4) is 0 Å². The van der Waals surface area contributed by atoms with E-state index in [1.165, 1.54) is 0 Å². The van der Waals surface area contributed by atoms with Crippen LogP contribution in [0, 0.1) is 6.92 Å². The first kappa shape index (κ1) is 25.2. The maximum atomic E-state index is 7.13. The summed E-state index contributed by atoms with van der Waals surface area (Å²) < 4.78 is 0. The van der Waals surface area contributed by atoms with E-state index in [-0.39, 0.29) is 0 Å². The Labute approximate surface area is 236 Å². The first-order chi connectivity index (χ1) is 19.6. The van der Waals surface area contributed by atoms with Crippen molar-refractivity contribution in [2.75, 3.05) is 11.5 Å². The second-order valence-electron chi connectivity index (χ2n) is 10.2. The minimum atomic E-state index is -0.676. The lowest BCUT2D eigenvalue weighted by Crippen LogP contribution is -2.33. The third-order valence-corrected chi connectivity index (χ3v) is 7.95. The first-order valence-corrected chi connectivity index (χ1v) is 13.6. The summed E-state index contributed by atoms with van der Waals surface area (Å²) in [6.07, 6.45) is 0. The molecule has 0 amide bonds. The molecular weight excluding hydrogens is 484 g/mol. The molecule has 6 aromatic rings. The minimum Gasteiger partial charge on any atom is -0.397 e. The Morgan fingerprint density at radius 3 is 1.07 bits per heavy atom. The van der Waals surface area contributed by atoms with E-state index in [1.54, 1.807) is 0 Å². The van der Waals surface area contributed by atoms with Gasteiger partial charge in [-0.15, -0.1) is 0 Å². The van der Waals surface area contributed by atoms with Crippen LogP contribution in [0.25, 0.3) is 22.3 Å². The number of nitrogens with two attached hydrogens (primary N) is 2. The summed E-state index contributed by atoms with van der Waals surface area (Å²) in [6.45, 7) is 2.20. The number of rotatable bonds is 6.